The highest BCUT2D eigenvalue weighted by molar-refractivity contribution is 5.96. The Bertz CT molecular complexity index is 1140. The van der Waals surface area contributed by atoms with Crippen LogP contribution in [-0.4, -0.2) is 70.9 Å². The van der Waals surface area contributed by atoms with Crippen LogP contribution < -0.4 is 0 Å². The summed E-state index contributed by atoms with van der Waals surface area (Å²) in [5.74, 6) is 1.04. The summed E-state index contributed by atoms with van der Waals surface area (Å²) in [6.45, 7) is 8.03. The lowest BCUT2D eigenvalue weighted by Gasteiger charge is -2.40. The van der Waals surface area contributed by atoms with Crippen molar-refractivity contribution in [1.82, 2.24) is 9.80 Å². The van der Waals surface area contributed by atoms with Gasteiger partial charge < -0.3 is 9.47 Å². The second-order valence-electron chi connectivity index (χ2n) is 13.5. The Balaban J connectivity index is 0.000000132. The van der Waals surface area contributed by atoms with Crippen LogP contribution in [0.25, 0.3) is 0 Å². The van der Waals surface area contributed by atoms with Gasteiger partial charge in [-0.3, -0.25) is 19.4 Å². The molecule has 0 N–H and O–H groups in total. The number of carbonyl (C=O) groups is 4. The normalized spacial score (nSPS) is 41.0. The number of Topliss-reactive ketones (excluding diaryl/α,β-unsaturated/α-hetero) is 2. The zero-order valence-corrected chi connectivity index (χ0v) is 24.0. The van der Waals surface area contributed by atoms with Gasteiger partial charge in [-0.2, -0.15) is 0 Å². The summed E-state index contributed by atoms with van der Waals surface area (Å²) in [5.41, 5.74) is 3.19. The molecule has 8 aliphatic heterocycles. The first-order chi connectivity index (χ1) is 19.2. The fraction of sp³-hybridized carbons (Fsp3) is 0.750. The number of rotatable bonds is 0. The van der Waals surface area contributed by atoms with Gasteiger partial charge in [0.15, 0.2) is 11.4 Å². The minimum absolute atomic E-state index is 0.0411. The second kappa shape index (κ2) is 9.62. The number of hydrogen-bond acceptors (Lipinski definition) is 8. The molecule has 216 valence electrons. The fourth-order valence-corrected chi connectivity index (χ4v) is 9.64. The lowest BCUT2D eigenvalue weighted by atomic mass is 9.72. The maximum absolute atomic E-state index is 12.3. The maximum atomic E-state index is 12.3. The molecule has 0 aromatic carbocycles. The molecule has 0 aromatic rings. The zero-order valence-electron chi connectivity index (χ0n) is 24.0. The molecule has 10 rings (SSSR count). The van der Waals surface area contributed by atoms with Crippen molar-refractivity contribution in [3.8, 4) is 0 Å². The fourth-order valence-electron chi connectivity index (χ4n) is 9.64. The first kappa shape index (κ1) is 26.6. The van der Waals surface area contributed by atoms with Gasteiger partial charge in [-0.25, -0.2) is 9.59 Å². The van der Waals surface area contributed by atoms with Crippen LogP contribution in [0.4, 0.5) is 0 Å². The van der Waals surface area contributed by atoms with Gasteiger partial charge in [-0.15, -0.1) is 0 Å². The van der Waals surface area contributed by atoms with Crippen molar-refractivity contribution in [3.05, 3.63) is 22.3 Å². The summed E-state index contributed by atoms with van der Waals surface area (Å²) in [5, 5.41) is 0. The molecule has 0 amide bonds. The Hall–Kier alpha value is -2.32. The van der Waals surface area contributed by atoms with Gasteiger partial charge in [-0.1, -0.05) is 13.8 Å². The van der Waals surface area contributed by atoms with E-state index in [1.54, 1.807) is 0 Å². The van der Waals surface area contributed by atoms with Gasteiger partial charge >= 0.3 is 11.9 Å². The van der Waals surface area contributed by atoms with E-state index in [1.807, 2.05) is 0 Å². The predicted molar refractivity (Wildman–Crippen MR) is 146 cm³/mol. The minimum atomic E-state index is -0.447. The predicted octanol–water partition coefficient (Wildman–Crippen LogP) is 4.08. The Morgan fingerprint density at radius 2 is 1.02 bits per heavy atom. The molecule has 4 fully saturated rings. The van der Waals surface area contributed by atoms with Gasteiger partial charge in [0.2, 0.25) is 0 Å². The largest absolute Gasteiger partial charge is 0.436 e. The third-order valence-corrected chi connectivity index (χ3v) is 11.2. The van der Waals surface area contributed by atoms with Crippen LogP contribution in [0.15, 0.2) is 22.3 Å². The van der Waals surface area contributed by atoms with E-state index in [-0.39, 0.29) is 35.6 Å². The summed E-state index contributed by atoms with van der Waals surface area (Å²) >= 11 is 0. The first-order valence-electron chi connectivity index (χ1n) is 15.7. The van der Waals surface area contributed by atoms with E-state index in [0.29, 0.717) is 37.2 Å². The summed E-state index contributed by atoms with van der Waals surface area (Å²) < 4.78 is 11.8. The second-order valence-corrected chi connectivity index (χ2v) is 13.5. The maximum Gasteiger partial charge on any atom is 0.336 e. The minimum Gasteiger partial charge on any atom is -0.436 e. The van der Waals surface area contributed by atoms with Gasteiger partial charge in [0.1, 0.15) is 11.6 Å². The Labute approximate surface area is 236 Å². The van der Waals surface area contributed by atoms with Gasteiger partial charge in [-0.05, 0) is 63.2 Å². The Kier molecular flexibility index (Phi) is 6.39. The lowest BCUT2D eigenvalue weighted by molar-refractivity contribution is -0.161. The molecule has 8 heterocycles. The van der Waals surface area contributed by atoms with Gasteiger partial charge in [0, 0.05) is 86.0 Å². The number of hydrogen-bond donors (Lipinski definition) is 0. The average Bonchev–Trinajstić information content (AvgIpc) is 3.65. The number of ketones is 2. The number of carbonyl (C=O) groups excluding carboxylic acids is 4. The number of fused-ring (bicyclic) bond motifs is 8. The summed E-state index contributed by atoms with van der Waals surface area (Å²) in [6, 6.07) is 0. The molecule has 8 nitrogen and oxygen atoms in total. The van der Waals surface area contributed by atoms with Crippen LogP contribution in [0, 0.1) is 23.7 Å². The van der Waals surface area contributed by atoms with Crippen LogP contribution in [0.5, 0.6) is 0 Å². The molecular weight excluding hydrogens is 508 g/mol. The molecule has 2 aliphatic carbocycles. The summed E-state index contributed by atoms with van der Waals surface area (Å²) in [7, 11) is 0. The van der Waals surface area contributed by atoms with Crippen LogP contribution in [0.1, 0.15) is 90.9 Å². The van der Waals surface area contributed by atoms with Crippen molar-refractivity contribution in [1.29, 1.82) is 0 Å². The van der Waals surface area contributed by atoms with Crippen molar-refractivity contribution < 1.29 is 28.7 Å². The number of esters is 2. The van der Waals surface area contributed by atoms with E-state index in [1.165, 1.54) is 11.1 Å². The van der Waals surface area contributed by atoms with E-state index >= 15 is 0 Å². The lowest BCUT2D eigenvalue weighted by Crippen LogP contribution is -2.48. The van der Waals surface area contributed by atoms with Crippen LogP contribution in [0.2, 0.25) is 0 Å². The molecule has 0 radical (unpaired) electrons. The van der Waals surface area contributed by atoms with Crippen LogP contribution in [0.3, 0.4) is 0 Å². The van der Waals surface area contributed by atoms with Crippen molar-refractivity contribution >= 4 is 23.5 Å². The third kappa shape index (κ3) is 3.84. The average molecular weight is 551 g/mol. The Morgan fingerprint density at radius 1 is 0.625 bits per heavy atom. The zero-order chi connectivity index (χ0) is 27.8. The molecule has 0 aromatic heterocycles. The molecule has 8 bridgehead atoms. The molecule has 4 saturated heterocycles. The molecule has 10 aliphatic rings. The topological polar surface area (TPSA) is 93.2 Å². The number of nitrogens with zero attached hydrogens (tertiary/aromatic N) is 2. The number of ether oxygens (including phenoxy) is 2. The summed E-state index contributed by atoms with van der Waals surface area (Å²) in [6.07, 6.45) is 10.1. The molecular formula is C32H42N2O6. The standard InChI is InChI=1S/2C16H21NO3/c2*1-10-8-11-9-12-14(10)16(20-15(12)19)5-3-7-17(16)6-2-4-13(11)18/h2*10-11H,2-9H2,1H3/t2*10-,11+,16+/m00/s1. The molecule has 8 heteroatoms. The van der Waals surface area contributed by atoms with E-state index in [4.69, 9.17) is 9.47 Å². The van der Waals surface area contributed by atoms with E-state index in [2.05, 4.69) is 23.6 Å². The van der Waals surface area contributed by atoms with Crippen LogP contribution >= 0.6 is 0 Å². The van der Waals surface area contributed by atoms with E-state index < -0.39 is 11.4 Å². The molecule has 2 spiro atoms. The summed E-state index contributed by atoms with van der Waals surface area (Å²) in [4.78, 5) is 54.0. The molecule has 0 saturated carbocycles. The van der Waals surface area contributed by atoms with E-state index in [0.717, 1.165) is 88.7 Å². The third-order valence-electron chi connectivity index (χ3n) is 11.2. The van der Waals surface area contributed by atoms with Crippen molar-refractivity contribution in [2.24, 2.45) is 23.7 Å². The first-order valence-corrected chi connectivity index (χ1v) is 15.7. The highest BCUT2D eigenvalue weighted by atomic mass is 16.6. The SMILES string of the molecule is C[C@H]1C[C@@H]2CC3=C1[C@@]1(CCCN1CCCC2=O)OC3=O.C[C@H]1C[C@@H]2CC3=C1[C@@]1(CCCN1CCCC2=O)OC3=O. The van der Waals surface area contributed by atoms with Crippen molar-refractivity contribution in [3.63, 3.8) is 0 Å². The molecule has 6 atom stereocenters. The van der Waals surface area contributed by atoms with E-state index in [9.17, 15) is 19.2 Å². The highest BCUT2D eigenvalue weighted by Gasteiger charge is 2.58. The highest BCUT2D eigenvalue weighted by Crippen LogP contribution is 2.54. The van der Waals surface area contributed by atoms with Gasteiger partial charge in [0.05, 0.1) is 0 Å². The van der Waals surface area contributed by atoms with Crippen molar-refractivity contribution in [2.75, 3.05) is 26.2 Å². The molecule has 40 heavy (non-hydrogen) atoms. The van der Waals surface area contributed by atoms with Crippen LogP contribution in [-0.2, 0) is 28.7 Å². The molecule has 0 unspecified atom stereocenters. The smallest absolute Gasteiger partial charge is 0.336 e. The quantitative estimate of drug-likeness (QED) is 0.417. The van der Waals surface area contributed by atoms with Gasteiger partial charge in [0.25, 0.3) is 0 Å². The Morgan fingerprint density at radius 3 is 1.45 bits per heavy atom. The van der Waals surface area contributed by atoms with Crippen molar-refractivity contribution in [2.45, 2.75) is 102 Å². The monoisotopic (exact) mass is 550 g/mol.